The van der Waals surface area contributed by atoms with E-state index in [2.05, 4.69) is 25.7 Å². The molecule has 1 saturated heterocycles. The lowest BCUT2D eigenvalue weighted by Crippen LogP contribution is -2.32. The zero-order valence-corrected chi connectivity index (χ0v) is 16.9. The second-order valence-corrected chi connectivity index (χ2v) is 6.74. The van der Waals surface area contributed by atoms with Crippen LogP contribution in [0.2, 0.25) is 0 Å². The van der Waals surface area contributed by atoms with Gasteiger partial charge >= 0.3 is 6.01 Å². The molecule has 2 N–H and O–H groups in total. The Kier molecular flexibility index (Phi) is 6.79. The van der Waals surface area contributed by atoms with Gasteiger partial charge in [-0.1, -0.05) is 0 Å². The minimum atomic E-state index is -0.238. The van der Waals surface area contributed by atoms with Crippen LogP contribution in [0, 0.1) is 6.92 Å². The maximum atomic E-state index is 12.5. The summed E-state index contributed by atoms with van der Waals surface area (Å²) < 4.78 is 7.49. The summed E-state index contributed by atoms with van der Waals surface area (Å²) >= 11 is 0. The number of anilines is 1. The van der Waals surface area contributed by atoms with Gasteiger partial charge in [0.25, 0.3) is 5.91 Å². The van der Waals surface area contributed by atoms with Gasteiger partial charge < -0.3 is 15.4 Å². The summed E-state index contributed by atoms with van der Waals surface area (Å²) in [6.45, 7) is 3.80. The minimum absolute atomic E-state index is 0. The lowest BCUT2D eigenvalue weighted by atomic mass is 10.1. The van der Waals surface area contributed by atoms with Crippen LogP contribution in [0.3, 0.4) is 0 Å². The van der Waals surface area contributed by atoms with Gasteiger partial charge in [0.2, 0.25) is 0 Å². The van der Waals surface area contributed by atoms with Crippen LogP contribution in [0.5, 0.6) is 11.8 Å². The number of halogens is 1. The fraction of sp³-hybridized carbons (Fsp3) is 0.300. The number of piperidine rings is 1. The van der Waals surface area contributed by atoms with E-state index in [1.54, 1.807) is 42.6 Å². The summed E-state index contributed by atoms with van der Waals surface area (Å²) in [7, 11) is 0. The molecule has 1 amide bonds. The molecule has 152 valence electrons. The molecule has 29 heavy (non-hydrogen) atoms. The molecule has 9 heteroatoms. The van der Waals surface area contributed by atoms with Crippen molar-refractivity contribution in [3.05, 3.63) is 60.2 Å². The maximum absolute atomic E-state index is 12.5. The third-order valence-corrected chi connectivity index (χ3v) is 4.58. The average molecular weight is 415 g/mol. The Morgan fingerprint density at radius 2 is 2.07 bits per heavy atom. The van der Waals surface area contributed by atoms with Crippen LogP contribution < -0.4 is 15.4 Å². The number of ether oxygens (including phenoxy) is 1. The number of nitrogens with one attached hydrogen (secondary N) is 2. The van der Waals surface area contributed by atoms with Gasteiger partial charge in [-0.3, -0.25) is 9.48 Å². The highest BCUT2D eigenvalue weighted by Crippen LogP contribution is 2.21. The van der Waals surface area contributed by atoms with Crippen molar-refractivity contribution in [3.63, 3.8) is 0 Å². The van der Waals surface area contributed by atoms with E-state index in [0.717, 1.165) is 31.6 Å². The molecule has 2 aromatic heterocycles. The zero-order valence-electron chi connectivity index (χ0n) is 16.0. The number of nitrogens with zero attached hydrogens (tertiary/aromatic N) is 4. The number of carbonyl (C=O) groups is 1. The lowest BCUT2D eigenvalue weighted by Gasteiger charge is -2.22. The van der Waals surface area contributed by atoms with Crippen LogP contribution in [0.25, 0.3) is 0 Å². The predicted octanol–water partition coefficient (Wildman–Crippen LogP) is 3.37. The van der Waals surface area contributed by atoms with Crippen LogP contribution in [-0.4, -0.2) is 38.7 Å². The van der Waals surface area contributed by atoms with Crippen LogP contribution in [0.4, 0.5) is 5.69 Å². The Morgan fingerprint density at radius 3 is 2.79 bits per heavy atom. The molecule has 1 aromatic carbocycles. The van der Waals surface area contributed by atoms with E-state index >= 15 is 0 Å². The number of benzene rings is 1. The first kappa shape index (κ1) is 20.8. The fourth-order valence-corrected chi connectivity index (χ4v) is 3.10. The summed E-state index contributed by atoms with van der Waals surface area (Å²) in [5, 5.41) is 10.6. The maximum Gasteiger partial charge on any atom is 0.322 e. The van der Waals surface area contributed by atoms with Gasteiger partial charge in [0.1, 0.15) is 5.75 Å². The number of rotatable bonds is 5. The van der Waals surface area contributed by atoms with Crippen molar-refractivity contribution in [2.75, 3.05) is 18.4 Å². The summed E-state index contributed by atoms with van der Waals surface area (Å²) in [5.41, 5.74) is 1.90. The molecule has 1 atom stereocenters. The summed E-state index contributed by atoms with van der Waals surface area (Å²) in [5.74, 6) is 0.357. The van der Waals surface area contributed by atoms with Crippen molar-refractivity contribution < 1.29 is 9.53 Å². The quantitative estimate of drug-likeness (QED) is 0.664. The van der Waals surface area contributed by atoms with Gasteiger partial charge in [0.15, 0.2) is 5.69 Å². The largest absolute Gasteiger partial charge is 0.424 e. The first-order valence-corrected chi connectivity index (χ1v) is 9.32. The molecule has 3 aromatic rings. The van der Waals surface area contributed by atoms with E-state index in [4.69, 9.17) is 4.74 Å². The van der Waals surface area contributed by atoms with Gasteiger partial charge in [-0.2, -0.15) is 5.10 Å². The molecule has 3 heterocycles. The fourth-order valence-electron chi connectivity index (χ4n) is 3.10. The molecular weight excluding hydrogens is 392 g/mol. The van der Waals surface area contributed by atoms with E-state index in [1.807, 2.05) is 17.8 Å². The molecule has 0 saturated carbocycles. The number of hydrogen-bond acceptors (Lipinski definition) is 6. The minimum Gasteiger partial charge on any atom is -0.424 e. The second-order valence-electron chi connectivity index (χ2n) is 6.74. The molecule has 0 radical (unpaired) electrons. The zero-order chi connectivity index (χ0) is 19.3. The molecule has 0 aliphatic carbocycles. The van der Waals surface area contributed by atoms with E-state index < -0.39 is 0 Å². The summed E-state index contributed by atoms with van der Waals surface area (Å²) in [4.78, 5) is 20.7. The van der Waals surface area contributed by atoms with Crippen LogP contribution in [0.1, 0.15) is 35.1 Å². The van der Waals surface area contributed by atoms with Gasteiger partial charge in [-0.25, -0.2) is 9.97 Å². The molecule has 1 aliphatic heterocycles. The Bertz CT molecular complexity index is 954. The van der Waals surface area contributed by atoms with Crippen molar-refractivity contribution in [2.45, 2.75) is 25.8 Å². The van der Waals surface area contributed by atoms with Crippen LogP contribution in [0.15, 0.2) is 48.8 Å². The van der Waals surface area contributed by atoms with Crippen molar-refractivity contribution in [3.8, 4) is 11.8 Å². The Balaban J connectivity index is 0.00000240. The topological polar surface area (TPSA) is 94.0 Å². The van der Waals surface area contributed by atoms with Crippen molar-refractivity contribution in [1.82, 2.24) is 25.1 Å². The smallest absolute Gasteiger partial charge is 0.322 e. The average Bonchev–Trinajstić information content (AvgIpc) is 3.21. The van der Waals surface area contributed by atoms with Crippen LogP contribution >= 0.6 is 12.4 Å². The first-order valence-electron chi connectivity index (χ1n) is 9.32. The van der Waals surface area contributed by atoms with E-state index in [9.17, 15) is 4.79 Å². The molecule has 0 bridgehead atoms. The SMILES string of the molecule is Cc1ccnc(Oc2ccc(NC(=O)c3ccn(C4CCCNC4)n3)cc2)n1.Cl. The van der Waals surface area contributed by atoms with E-state index in [1.165, 1.54) is 0 Å². The second kappa shape index (κ2) is 9.49. The standard InChI is InChI=1S/C20H22N6O2.ClH/c1-14-8-11-22-20(23-14)28-17-6-4-15(5-7-17)24-19(27)18-9-12-26(25-18)16-3-2-10-21-13-16;/h4-9,11-12,16,21H,2-3,10,13H2,1H3,(H,24,27);1H. The molecular formula is C20H23ClN6O2. The third-order valence-electron chi connectivity index (χ3n) is 4.58. The highest BCUT2D eigenvalue weighted by Gasteiger charge is 2.17. The summed E-state index contributed by atoms with van der Waals surface area (Å²) in [6.07, 6.45) is 5.70. The number of amides is 1. The van der Waals surface area contributed by atoms with E-state index in [0.29, 0.717) is 29.2 Å². The number of aromatic nitrogens is 4. The first-order chi connectivity index (χ1) is 13.7. The van der Waals surface area contributed by atoms with Crippen LogP contribution in [-0.2, 0) is 0 Å². The predicted molar refractivity (Wildman–Crippen MR) is 112 cm³/mol. The molecule has 8 nitrogen and oxygen atoms in total. The van der Waals surface area contributed by atoms with Gasteiger partial charge in [-0.15, -0.1) is 12.4 Å². The monoisotopic (exact) mass is 414 g/mol. The lowest BCUT2D eigenvalue weighted by molar-refractivity contribution is 0.102. The highest BCUT2D eigenvalue weighted by atomic mass is 35.5. The molecule has 1 fully saturated rings. The van der Waals surface area contributed by atoms with Gasteiger partial charge in [0, 0.05) is 30.3 Å². The molecule has 4 rings (SSSR count). The number of aryl methyl sites for hydroxylation is 1. The van der Waals surface area contributed by atoms with Crippen molar-refractivity contribution in [2.24, 2.45) is 0 Å². The third kappa shape index (κ3) is 5.30. The Morgan fingerprint density at radius 1 is 1.24 bits per heavy atom. The summed E-state index contributed by atoms with van der Waals surface area (Å²) in [6, 6.07) is 11.2. The molecule has 1 aliphatic rings. The number of carbonyl (C=O) groups excluding carboxylic acids is 1. The number of hydrogen-bond donors (Lipinski definition) is 2. The van der Waals surface area contributed by atoms with E-state index in [-0.39, 0.29) is 18.3 Å². The molecule has 0 spiro atoms. The van der Waals surface area contributed by atoms with Gasteiger partial charge in [-0.05, 0) is 62.7 Å². The normalized spacial score (nSPS) is 16.0. The van der Waals surface area contributed by atoms with Crippen molar-refractivity contribution in [1.29, 1.82) is 0 Å². The Labute approximate surface area is 175 Å². The van der Waals surface area contributed by atoms with Gasteiger partial charge in [0.05, 0.1) is 6.04 Å². The molecule has 1 unspecified atom stereocenters. The Hall–Kier alpha value is -2.97. The van der Waals surface area contributed by atoms with Crippen molar-refractivity contribution >= 4 is 24.0 Å². The highest BCUT2D eigenvalue weighted by molar-refractivity contribution is 6.02.